The van der Waals surface area contributed by atoms with Crippen LogP contribution in [0.25, 0.3) is 0 Å². The Morgan fingerprint density at radius 1 is 1.46 bits per heavy atom. The quantitative estimate of drug-likeness (QED) is 0.526. The van der Waals surface area contributed by atoms with Gasteiger partial charge in [0.2, 0.25) is 3.01 Å². The van der Waals surface area contributed by atoms with Gasteiger partial charge in [-0.3, -0.25) is 0 Å². The molecule has 0 amide bonds. The molecule has 1 rings (SSSR count). The number of benzene rings is 1. The molecule has 0 bridgehead atoms. The Hall–Kier alpha value is 0.190. The molecule has 1 nitrogen and oxygen atoms in total. The molecule has 1 unspecified atom stereocenters. The van der Waals surface area contributed by atoms with E-state index >= 15 is 0 Å². The van der Waals surface area contributed by atoms with Crippen molar-refractivity contribution in [3.63, 3.8) is 0 Å². The van der Waals surface area contributed by atoms with Crippen molar-refractivity contribution in [1.82, 2.24) is 0 Å². The largest absolute Gasteiger partial charge is 0.326 e. The van der Waals surface area contributed by atoms with Crippen LogP contribution in [-0.4, -0.2) is 3.01 Å². The molecule has 2 N–H and O–H groups in total. The highest BCUT2D eigenvalue weighted by atomic mass is 127. The zero-order valence-corrected chi connectivity index (χ0v) is 10.2. The fraction of sp³-hybridized carbons (Fsp3) is 0.333. The minimum Gasteiger partial charge on any atom is -0.326 e. The summed E-state index contributed by atoms with van der Waals surface area (Å²) in [5, 5.41) is 0. The molecule has 13 heavy (non-hydrogen) atoms. The van der Waals surface area contributed by atoms with Crippen molar-refractivity contribution in [2.75, 3.05) is 0 Å². The van der Waals surface area contributed by atoms with Gasteiger partial charge in [-0.15, -0.1) is 0 Å². The van der Waals surface area contributed by atoms with E-state index in [1.807, 2.05) is 24.3 Å². The van der Waals surface area contributed by atoms with Crippen LogP contribution in [0.4, 0.5) is 4.39 Å². The second kappa shape index (κ2) is 4.61. The number of hydrogen-bond acceptors (Lipinski definition) is 2. The van der Waals surface area contributed by atoms with Crippen LogP contribution >= 0.6 is 34.4 Å². The summed E-state index contributed by atoms with van der Waals surface area (Å²) in [6.45, 7) is 2.07. The highest BCUT2D eigenvalue weighted by Crippen LogP contribution is 2.39. The highest BCUT2D eigenvalue weighted by Gasteiger charge is 2.18. The topological polar surface area (TPSA) is 26.0 Å². The van der Waals surface area contributed by atoms with Crippen molar-refractivity contribution in [3.05, 3.63) is 29.8 Å². The first-order chi connectivity index (χ1) is 6.01. The van der Waals surface area contributed by atoms with Crippen LogP contribution in [0.3, 0.4) is 0 Å². The van der Waals surface area contributed by atoms with Gasteiger partial charge in [0.25, 0.3) is 0 Å². The van der Waals surface area contributed by atoms with Gasteiger partial charge in [0.05, 0.1) is 0 Å². The summed E-state index contributed by atoms with van der Waals surface area (Å²) in [6, 6.07) is 7.63. The van der Waals surface area contributed by atoms with Gasteiger partial charge in [0, 0.05) is 11.4 Å². The average Bonchev–Trinajstić information content (AvgIpc) is 2.03. The Balaban J connectivity index is 2.70. The maximum absolute atomic E-state index is 13.2. The summed E-state index contributed by atoms with van der Waals surface area (Å²) in [5.41, 5.74) is 6.51. The Labute approximate surface area is 95.4 Å². The van der Waals surface area contributed by atoms with Crippen molar-refractivity contribution in [3.8, 4) is 0 Å². The first-order valence-corrected chi connectivity index (χ1v) is 5.76. The van der Waals surface area contributed by atoms with E-state index in [0.29, 0.717) is 6.54 Å². The highest BCUT2D eigenvalue weighted by molar-refractivity contribution is 14.1. The van der Waals surface area contributed by atoms with Crippen LogP contribution in [0.5, 0.6) is 0 Å². The van der Waals surface area contributed by atoms with Gasteiger partial charge < -0.3 is 5.73 Å². The number of rotatable bonds is 3. The third-order valence-electron chi connectivity index (χ3n) is 1.46. The molecule has 1 aromatic carbocycles. The Morgan fingerprint density at radius 3 is 2.38 bits per heavy atom. The molecule has 1 aromatic rings. The van der Waals surface area contributed by atoms with E-state index in [9.17, 15) is 4.39 Å². The van der Waals surface area contributed by atoms with E-state index in [0.717, 1.165) is 10.5 Å². The molecule has 0 spiro atoms. The summed E-state index contributed by atoms with van der Waals surface area (Å²) in [6.07, 6.45) is 0. The van der Waals surface area contributed by atoms with Crippen LogP contribution in [0.2, 0.25) is 0 Å². The smallest absolute Gasteiger partial charge is 0.207 e. The third kappa shape index (κ3) is 4.28. The lowest BCUT2D eigenvalue weighted by atomic mass is 10.2. The summed E-state index contributed by atoms with van der Waals surface area (Å²) in [5.74, 6) is 0. The average molecular weight is 311 g/mol. The molecule has 0 radical (unpaired) electrons. The first-order valence-electron chi connectivity index (χ1n) is 3.87. The molecular weight excluding hydrogens is 300 g/mol. The molecule has 72 valence electrons. The van der Waals surface area contributed by atoms with Crippen molar-refractivity contribution in [1.29, 1.82) is 0 Å². The molecule has 0 saturated heterocycles. The SMILES string of the molecule is CC(F)(I)Sc1ccc(CN)cc1. The zero-order chi connectivity index (χ0) is 9.90. The summed E-state index contributed by atoms with van der Waals surface area (Å²) < 4.78 is 11.9. The molecule has 0 heterocycles. The molecule has 0 aliphatic rings. The van der Waals surface area contributed by atoms with Gasteiger partial charge in [0.1, 0.15) is 0 Å². The lowest BCUT2D eigenvalue weighted by Gasteiger charge is -2.11. The number of thioether (sulfide) groups is 1. The lowest BCUT2D eigenvalue weighted by molar-refractivity contribution is 0.464. The number of alkyl halides is 2. The van der Waals surface area contributed by atoms with E-state index in [1.54, 1.807) is 22.6 Å². The van der Waals surface area contributed by atoms with Crippen LogP contribution in [0.1, 0.15) is 12.5 Å². The van der Waals surface area contributed by atoms with E-state index < -0.39 is 3.01 Å². The van der Waals surface area contributed by atoms with Gasteiger partial charge in [0.15, 0.2) is 0 Å². The first kappa shape index (κ1) is 11.3. The minimum absolute atomic E-state index is 0.530. The second-order valence-electron chi connectivity index (χ2n) is 2.76. The number of nitrogens with two attached hydrogens (primary N) is 1. The predicted octanol–water partition coefficient (Wildman–Crippen LogP) is 3.32. The van der Waals surface area contributed by atoms with Crippen molar-refractivity contribution >= 4 is 34.4 Å². The van der Waals surface area contributed by atoms with Crippen molar-refractivity contribution in [2.24, 2.45) is 5.73 Å². The molecule has 0 aliphatic heterocycles. The lowest BCUT2D eigenvalue weighted by Crippen LogP contribution is -1.99. The number of halogens is 2. The normalized spacial score (nSPS) is 15.4. The molecule has 1 atom stereocenters. The zero-order valence-electron chi connectivity index (χ0n) is 7.26. The Morgan fingerprint density at radius 2 is 2.00 bits per heavy atom. The van der Waals surface area contributed by atoms with Gasteiger partial charge >= 0.3 is 0 Å². The van der Waals surface area contributed by atoms with E-state index in [-0.39, 0.29) is 0 Å². The summed E-state index contributed by atoms with van der Waals surface area (Å²) >= 11 is 2.97. The van der Waals surface area contributed by atoms with Crippen LogP contribution < -0.4 is 5.73 Å². The molecule has 4 heteroatoms. The van der Waals surface area contributed by atoms with Gasteiger partial charge in [-0.05, 0) is 47.2 Å². The minimum atomic E-state index is -1.25. The fourth-order valence-corrected chi connectivity index (χ4v) is 2.35. The molecule has 0 aromatic heterocycles. The third-order valence-corrected chi connectivity index (χ3v) is 2.98. The van der Waals surface area contributed by atoms with E-state index in [1.165, 1.54) is 18.7 Å². The van der Waals surface area contributed by atoms with Gasteiger partial charge in [-0.1, -0.05) is 23.9 Å². The number of hydrogen-bond donors (Lipinski definition) is 1. The predicted molar refractivity (Wildman–Crippen MR) is 63.7 cm³/mol. The molecule has 0 fully saturated rings. The summed E-state index contributed by atoms with van der Waals surface area (Å²) in [4.78, 5) is 0.927. The van der Waals surface area contributed by atoms with Crippen LogP contribution in [0, 0.1) is 0 Å². The fourth-order valence-electron chi connectivity index (χ4n) is 0.901. The maximum Gasteiger partial charge on any atom is 0.207 e. The molecule has 0 saturated carbocycles. The second-order valence-corrected chi connectivity index (χ2v) is 6.96. The van der Waals surface area contributed by atoms with E-state index in [2.05, 4.69) is 0 Å². The van der Waals surface area contributed by atoms with Crippen molar-refractivity contribution < 1.29 is 4.39 Å². The van der Waals surface area contributed by atoms with Gasteiger partial charge in [-0.2, -0.15) is 0 Å². The molecule has 0 aliphatic carbocycles. The Kier molecular flexibility index (Phi) is 4.00. The van der Waals surface area contributed by atoms with Crippen LogP contribution in [0.15, 0.2) is 29.2 Å². The van der Waals surface area contributed by atoms with Gasteiger partial charge in [-0.25, -0.2) is 4.39 Å². The van der Waals surface area contributed by atoms with Crippen LogP contribution in [-0.2, 0) is 6.54 Å². The summed E-state index contributed by atoms with van der Waals surface area (Å²) in [7, 11) is 0. The molecular formula is C9H11FINS. The van der Waals surface area contributed by atoms with Crippen molar-refractivity contribution in [2.45, 2.75) is 21.4 Å². The standard InChI is InChI=1S/C9H11FINS/c1-9(10,11)13-8-4-2-7(6-12)3-5-8/h2-5H,6,12H2,1H3. The van der Waals surface area contributed by atoms with E-state index in [4.69, 9.17) is 5.73 Å². The Bertz CT molecular complexity index is 268. The monoisotopic (exact) mass is 311 g/mol. The maximum atomic E-state index is 13.2.